The Morgan fingerprint density at radius 1 is 1.33 bits per heavy atom. The predicted octanol–water partition coefficient (Wildman–Crippen LogP) is 2.70. The SMILES string of the molecule is C/[13C]([13CH2][13CH3])=N\Nc1ccc([N+](=O)[O-])cc1[N+](=O)[O-]. The van der Waals surface area contributed by atoms with Gasteiger partial charge in [0.05, 0.1) is 15.9 Å². The minimum Gasteiger partial charge on any atom is -0.272 e. The lowest BCUT2D eigenvalue weighted by atomic mass is 10.2. The molecule has 0 bridgehead atoms. The quantitative estimate of drug-likeness (QED) is 0.376. The Morgan fingerprint density at radius 2 is 2.00 bits per heavy atom. The van der Waals surface area contributed by atoms with Gasteiger partial charge in [0.15, 0.2) is 0 Å². The number of hydrazone groups is 1. The zero-order valence-corrected chi connectivity index (χ0v) is 9.91. The number of anilines is 1. The minimum absolute atomic E-state index is 0.124. The third-order valence-electron chi connectivity index (χ3n) is 2.27. The number of nitro groups is 2. The summed E-state index contributed by atoms with van der Waals surface area (Å²) in [5.41, 5.74) is 2.72. The van der Waals surface area contributed by atoms with E-state index >= 15 is 0 Å². The lowest BCUT2D eigenvalue weighted by Crippen LogP contribution is -2.00. The summed E-state index contributed by atoms with van der Waals surface area (Å²) in [7, 11) is 0. The second-order valence-electron chi connectivity index (χ2n) is 3.53. The number of nitro benzene ring substituents is 2. The van der Waals surface area contributed by atoms with E-state index in [1.165, 1.54) is 12.1 Å². The van der Waals surface area contributed by atoms with Gasteiger partial charge in [0.1, 0.15) is 5.69 Å². The van der Waals surface area contributed by atoms with Crippen LogP contribution in [0, 0.1) is 20.2 Å². The molecule has 0 saturated heterocycles. The van der Waals surface area contributed by atoms with Crippen molar-refractivity contribution in [2.45, 2.75) is 20.3 Å². The number of benzene rings is 1. The molecule has 1 aromatic rings. The maximum absolute atomic E-state index is 10.8. The summed E-state index contributed by atoms with van der Waals surface area (Å²) in [5, 5.41) is 25.3. The van der Waals surface area contributed by atoms with E-state index in [4.69, 9.17) is 0 Å². The third kappa shape index (κ3) is 3.24. The van der Waals surface area contributed by atoms with Crippen LogP contribution in [0.1, 0.15) is 20.3 Å². The molecule has 0 aliphatic rings. The van der Waals surface area contributed by atoms with E-state index in [2.05, 4.69) is 10.5 Å². The van der Waals surface area contributed by atoms with Crippen molar-refractivity contribution >= 4 is 22.8 Å². The van der Waals surface area contributed by atoms with Crippen LogP contribution in [-0.4, -0.2) is 15.6 Å². The molecule has 0 aliphatic heterocycles. The highest BCUT2D eigenvalue weighted by Gasteiger charge is 2.19. The summed E-state index contributed by atoms with van der Waals surface area (Å²) < 4.78 is 0. The van der Waals surface area contributed by atoms with Crippen LogP contribution in [0.2, 0.25) is 0 Å². The average molecular weight is 255 g/mol. The highest BCUT2D eigenvalue weighted by molar-refractivity contribution is 5.82. The summed E-state index contributed by atoms with van der Waals surface area (Å²) in [5.74, 6) is 0. The maximum Gasteiger partial charge on any atom is 0.301 e. The van der Waals surface area contributed by atoms with Gasteiger partial charge in [0.25, 0.3) is 5.69 Å². The number of non-ortho nitro benzene ring substituents is 1. The molecule has 1 N–H and O–H groups in total. The first-order chi connectivity index (χ1) is 8.45. The van der Waals surface area contributed by atoms with Crippen LogP contribution in [0.25, 0.3) is 0 Å². The van der Waals surface area contributed by atoms with Gasteiger partial charge in [-0.15, -0.1) is 0 Å². The van der Waals surface area contributed by atoms with E-state index in [1.54, 1.807) is 6.92 Å². The van der Waals surface area contributed by atoms with Gasteiger partial charge in [-0.3, -0.25) is 25.7 Å². The van der Waals surface area contributed by atoms with Crippen molar-refractivity contribution in [1.82, 2.24) is 0 Å². The summed E-state index contributed by atoms with van der Waals surface area (Å²) in [4.78, 5) is 20.0. The van der Waals surface area contributed by atoms with E-state index in [0.717, 1.165) is 11.8 Å². The Labute approximate surface area is 103 Å². The molecule has 0 atom stereocenters. The van der Waals surface area contributed by atoms with Gasteiger partial charge in [-0.25, -0.2) is 0 Å². The average Bonchev–Trinajstić information content (AvgIpc) is 2.35. The Morgan fingerprint density at radius 3 is 2.50 bits per heavy atom. The Kier molecular flexibility index (Phi) is 4.30. The predicted molar refractivity (Wildman–Crippen MR) is 66.8 cm³/mol. The standard InChI is InChI=1S/C10H12N4O4/c1-3-7(2)11-12-9-5-4-8(13(15)16)6-10(9)14(17)18/h4-6,12H,3H2,1-2H3/b11-7+/i1+1,3+1,7+1. The van der Waals surface area contributed by atoms with E-state index in [1.807, 2.05) is 6.92 Å². The maximum atomic E-state index is 10.8. The minimum atomic E-state index is -0.688. The summed E-state index contributed by atoms with van der Waals surface area (Å²) >= 11 is 0. The normalized spacial score (nSPS) is 11.1. The van der Waals surface area contributed by atoms with Gasteiger partial charge >= 0.3 is 5.69 Å². The number of nitrogens with zero attached hydrogens (tertiary/aromatic N) is 3. The number of hydrogen-bond acceptors (Lipinski definition) is 6. The molecule has 0 aromatic heterocycles. The lowest BCUT2D eigenvalue weighted by Gasteiger charge is -2.03. The van der Waals surface area contributed by atoms with Gasteiger partial charge in [0.2, 0.25) is 0 Å². The van der Waals surface area contributed by atoms with E-state index in [9.17, 15) is 20.2 Å². The van der Waals surface area contributed by atoms with Crippen molar-refractivity contribution in [2.75, 3.05) is 5.43 Å². The topological polar surface area (TPSA) is 111 Å². The Balaban J connectivity index is 3.12. The monoisotopic (exact) mass is 255 g/mol. The fourth-order valence-electron chi connectivity index (χ4n) is 1.11. The zero-order chi connectivity index (χ0) is 13.7. The Hall–Kier alpha value is -2.51. The van der Waals surface area contributed by atoms with Gasteiger partial charge in [-0.1, -0.05) is 6.92 Å². The summed E-state index contributed by atoms with van der Waals surface area (Å²) in [6.07, 6.45) is 0.702. The van der Waals surface area contributed by atoms with Gasteiger partial charge < -0.3 is 0 Å². The molecule has 18 heavy (non-hydrogen) atoms. The van der Waals surface area contributed by atoms with Crippen molar-refractivity contribution in [1.29, 1.82) is 0 Å². The first-order valence-corrected chi connectivity index (χ1v) is 5.17. The summed E-state index contributed by atoms with van der Waals surface area (Å²) in [6.45, 7) is 3.66. The molecule has 96 valence electrons. The molecule has 0 unspecified atom stereocenters. The van der Waals surface area contributed by atoms with Crippen LogP contribution in [0.15, 0.2) is 23.3 Å². The molecule has 0 radical (unpaired) electrons. The molecule has 0 saturated carbocycles. The van der Waals surface area contributed by atoms with Crippen molar-refractivity contribution in [3.8, 4) is 0 Å². The number of nitrogens with one attached hydrogen (secondary N) is 1. The highest BCUT2D eigenvalue weighted by Crippen LogP contribution is 2.28. The van der Waals surface area contributed by atoms with Gasteiger partial charge in [0, 0.05) is 11.8 Å². The van der Waals surface area contributed by atoms with Crippen molar-refractivity contribution < 1.29 is 9.85 Å². The molecule has 0 amide bonds. The molecule has 0 spiro atoms. The fraction of sp³-hybridized carbons (Fsp3) is 0.300. The van der Waals surface area contributed by atoms with Crippen LogP contribution in [0.3, 0.4) is 0 Å². The van der Waals surface area contributed by atoms with E-state index < -0.39 is 9.85 Å². The second-order valence-corrected chi connectivity index (χ2v) is 3.53. The smallest absolute Gasteiger partial charge is 0.272 e. The van der Waals surface area contributed by atoms with Crippen LogP contribution in [-0.2, 0) is 0 Å². The van der Waals surface area contributed by atoms with Crippen molar-refractivity contribution in [3.05, 3.63) is 38.4 Å². The molecule has 1 aromatic carbocycles. The van der Waals surface area contributed by atoms with Crippen LogP contribution >= 0.6 is 0 Å². The molecular formula is C10H12N4O4. The van der Waals surface area contributed by atoms with Crippen LogP contribution in [0.4, 0.5) is 17.1 Å². The molecule has 0 fully saturated rings. The van der Waals surface area contributed by atoms with Gasteiger partial charge in [-0.2, -0.15) is 5.10 Å². The van der Waals surface area contributed by atoms with Gasteiger partial charge in [-0.05, 0) is 19.4 Å². The largest absolute Gasteiger partial charge is 0.301 e. The first kappa shape index (κ1) is 13.6. The summed E-state index contributed by atoms with van der Waals surface area (Å²) in [6, 6.07) is 3.36. The molecule has 1 rings (SSSR count). The van der Waals surface area contributed by atoms with Crippen LogP contribution in [0.5, 0.6) is 0 Å². The molecule has 0 aliphatic carbocycles. The fourth-order valence-corrected chi connectivity index (χ4v) is 1.11. The van der Waals surface area contributed by atoms with E-state index in [-0.39, 0.29) is 17.1 Å². The highest BCUT2D eigenvalue weighted by atomic mass is 16.6. The second kappa shape index (κ2) is 5.71. The number of rotatable bonds is 5. The van der Waals surface area contributed by atoms with Crippen molar-refractivity contribution in [2.24, 2.45) is 5.10 Å². The van der Waals surface area contributed by atoms with Crippen molar-refractivity contribution in [3.63, 3.8) is 0 Å². The first-order valence-electron chi connectivity index (χ1n) is 5.17. The molecule has 0 heterocycles. The zero-order valence-electron chi connectivity index (χ0n) is 9.91. The lowest BCUT2D eigenvalue weighted by molar-refractivity contribution is -0.393. The molecular weight excluding hydrogens is 243 g/mol. The molecule has 8 nitrogen and oxygen atoms in total. The Bertz CT molecular complexity index is 513. The molecule has 8 heteroatoms. The van der Waals surface area contributed by atoms with Crippen LogP contribution < -0.4 is 5.43 Å². The van der Waals surface area contributed by atoms with E-state index in [0.29, 0.717) is 6.42 Å². The number of hydrogen-bond donors (Lipinski definition) is 1. The third-order valence-corrected chi connectivity index (χ3v) is 2.27.